The summed E-state index contributed by atoms with van der Waals surface area (Å²) in [4.78, 5) is 16.5. The van der Waals surface area contributed by atoms with E-state index in [1.807, 2.05) is 6.08 Å². The summed E-state index contributed by atoms with van der Waals surface area (Å²) in [7, 11) is 0. The fourth-order valence-corrected chi connectivity index (χ4v) is 11.5. The van der Waals surface area contributed by atoms with Gasteiger partial charge in [-0.05, 0) is 134 Å². The van der Waals surface area contributed by atoms with Gasteiger partial charge in [-0.15, -0.1) is 0 Å². The number of fused-ring (bicyclic) bond motifs is 3. The summed E-state index contributed by atoms with van der Waals surface area (Å²) in [5, 5.41) is 1.22. The van der Waals surface area contributed by atoms with Crippen LogP contribution in [0, 0.1) is 11.8 Å². The van der Waals surface area contributed by atoms with E-state index in [-0.39, 0.29) is 0 Å². The largest absolute Gasteiger partial charge is 0.312 e. The Morgan fingerprint density at radius 3 is 1.39 bits per heavy atom. The maximum Gasteiger partial charge on any atom is 0.164 e. The molecule has 80 heavy (non-hydrogen) atoms. The van der Waals surface area contributed by atoms with Crippen molar-refractivity contribution < 1.29 is 0 Å². The molecule has 12 aromatic rings. The molecule has 0 amide bonds. The summed E-state index contributed by atoms with van der Waals surface area (Å²) < 4.78 is 2.57. The maximum atomic E-state index is 5.56. The lowest BCUT2D eigenvalue weighted by Gasteiger charge is -2.24. The number of hydrogen-bond donors (Lipinski definition) is 0. The minimum absolute atomic E-state index is 0.561. The van der Waals surface area contributed by atoms with E-state index < -0.39 is 0 Å². The molecule has 0 unspecified atom stereocenters. The zero-order valence-electron chi connectivity index (χ0n) is 44.0. The van der Waals surface area contributed by atoms with E-state index in [0.717, 1.165) is 96.4 Å². The Morgan fingerprint density at radius 2 is 0.800 bits per heavy atom. The third kappa shape index (κ3) is 9.38. The first kappa shape index (κ1) is 47.9. The van der Waals surface area contributed by atoms with Crippen molar-refractivity contribution in [2.45, 2.75) is 19.3 Å². The van der Waals surface area contributed by atoms with Gasteiger partial charge in [0.2, 0.25) is 0 Å². The third-order valence-electron chi connectivity index (χ3n) is 15.5. The highest BCUT2D eigenvalue weighted by atomic mass is 15.0. The lowest BCUT2D eigenvalue weighted by atomic mass is 9.89. The Bertz CT molecular complexity index is 4370. The molecule has 4 heteroatoms. The summed E-state index contributed by atoms with van der Waals surface area (Å²) >= 11 is 0. The minimum atomic E-state index is 0.561. The second-order valence-electron chi connectivity index (χ2n) is 20.4. The molecule has 2 aliphatic rings. The van der Waals surface area contributed by atoms with Crippen molar-refractivity contribution in [2.24, 2.45) is 0 Å². The molecule has 4 nitrogen and oxygen atoms in total. The molecular formula is C76H52N4. The molecule has 2 aromatic heterocycles. The van der Waals surface area contributed by atoms with Crippen LogP contribution in [0.25, 0.3) is 124 Å². The Balaban J connectivity index is 1.04. The topological polar surface area (TPSA) is 43.6 Å². The van der Waals surface area contributed by atoms with E-state index >= 15 is 0 Å². The molecule has 376 valence electrons. The summed E-state index contributed by atoms with van der Waals surface area (Å²) in [6.07, 6.45) is 11.0. The van der Waals surface area contributed by atoms with Crippen molar-refractivity contribution >= 4 is 28.1 Å². The van der Waals surface area contributed by atoms with Crippen LogP contribution in [0.5, 0.6) is 0 Å². The van der Waals surface area contributed by atoms with Crippen LogP contribution in [0.3, 0.4) is 0 Å². The first-order chi connectivity index (χ1) is 39.6. The van der Waals surface area contributed by atoms with E-state index in [4.69, 9.17) is 15.0 Å². The molecule has 10 aromatic carbocycles. The Hall–Kier alpha value is -10.5. The van der Waals surface area contributed by atoms with Gasteiger partial charge in [0, 0.05) is 50.9 Å². The maximum absolute atomic E-state index is 5.56. The lowest BCUT2D eigenvalue weighted by Crippen LogP contribution is -2.10. The first-order valence-corrected chi connectivity index (χ1v) is 27.4. The molecule has 0 bridgehead atoms. The molecule has 0 saturated heterocycles. The van der Waals surface area contributed by atoms with Crippen LogP contribution < -0.4 is 0 Å². The number of rotatable bonds is 11. The second-order valence-corrected chi connectivity index (χ2v) is 20.4. The first-order valence-electron chi connectivity index (χ1n) is 27.4. The van der Waals surface area contributed by atoms with E-state index in [1.54, 1.807) is 0 Å². The predicted molar refractivity (Wildman–Crippen MR) is 332 cm³/mol. The highest BCUT2D eigenvalue weighted by Gasteiger charge is 2.28. The van der Waals surface area contributed by atoms with Crippen LogP contribution in [-0.2, 0) is 6.42 Å². The average molecular weight is 1020 g/mol. The molecule has 0 atom stereocenters. The van der Waals surface area contributed by atoms with Crippen molar-refractivity contribution in [1.29, 1.82) is 0 Å². The highest BCUT2D eigenvalue weighted by Crippen LogP contribution is 2.46. The summed E-state index contributed by atoms with van der Waals surface area (Å²) in [6.45, 7) is 0. The van der Waals surface area contributed by atoms with Gasteiger partial charge in [-0.25, -0.2) is 15.0 Å². The SMILES string of the molecule is C1#CCC(c2cc(-c3nc(-c4ccc(-c5ccccc5)cc4)nc(-c4cc(-c5ccccc5)cc(-c5ccccc5)c4)n3)cc(-c3ccccc3)c2-n2c3c(c4cc(-c5ccccc5)ccc42)C=C(c2ccccc2)CC3)=CC=C1. The van der Waals surface area contributed by atoms with Gasteiger partial charge >= 0.3 is 0 Å². The van der Waals surface area contributed by atoms with Crippen LogP contribution in [0.1, 0.15) is 35.2 Å². The normalized spacial score (nSPS) is 12.7. The fraction of sp³-hybridized carbons (Fsp3) is 0.0395. The van der Waals surface area contributed by atoms with E-state index in [9.17, 15) is 0 Å². The van der Waals surface area contributed by atoms with Gasteiger partial charge in [0.05, 0.1) is 11.2 Å². The number of hydrogen-bond acceptors (Lipinski definition) is 3. The molecular weight excluding hydrogens is 969 g/mol. The summed E-state index contributed by atoms with van der Waals surface area (Å²) in [6, 6.07) is 90.9. The molecule has 0 N–H and O–H groups in total. The van der Waals surface area contributed by atoms with Crippen molar-refractivity contribution in [3.63, 3.8) is 0 Å². The molecule has 2 heterocycles. The fourth-order valence-electron chi connectivity index (χ4n) is 11.5. The van der Waals surface area contributed by atoms with Gasteiger partial charge in [0.15, 0.2) is 17.5 Å². The Morgan fingerprint density at radius 1 is 0.350 bits per heavy atom. The van der Waals surface area contributed by atoms with Gasteiger partial charge in [-0.2, -0.15) is 0 Å². The number of nitrogens with zero attached hydrogens (tertiary/aromatic N) is 4. The van der Waals surface area contributed by atoms with Gasteiger partial charge < -0.3 is 4.57 Å². The Kier molecular flexibility index (Phi) is 12.7. The lowest BCUT2D eigenvalue weighted by molar-refractivity contribution is 0.897. The second kappa shape index (κ2) is 21.2. The minimum Gasteiger partial charge on any atom is -0.312 e. The van der Waals surface area contributed by atoms with Gasteiger partial charge in [0.1, 0.15) is 0 Å². The van der Waals surface area contributed by atoms with Crippen molar-refractivity contribution in [1.82, 2.24) is 19.5 Å². The molecule has 0 radical (unpaired) electrons. The van der Waals surface area contributed by atoms with Crippen LogP contribution in [-0.4, -0.2) is 19.5 Å². The van der Waals surface area contributed by atoms with Crippen LogP contribution in [0.2, 0.25) is 0 Å². The standard InChI is InChI=1S/C76H52N4/c1-2-10-34-58(33-9-1)67-50-66(51-68(59-35-21-8-22-36-59)73(67)80-71-43-41-61(53-25-13-4-14-26-53)48-69(71)70-49-62(42-44-72(70)80)54-27-15-5-16-28-54)76-78-74(60-39-37-57(38-40-60)52-23-11-3-12-24-52)77-75(79-76)65-46-63(55-29-17-6-18-30-55)45-64(47-65)56-31-19-7-20-32-56/h1,3-9,11-33,35-41,43,45-51H,34,42,44H2. The van der Waals surface area contributed by atoms with Crippen molar-refractivity contribution in [2.75, 3.05) is 0 Å². The van der Waals surface area contributed by atoms with Crippen LogP contribution >= 0.6 is 0 Å². The average Bonchev–Trinajstić information content (AvgIpc) is 3.75. The third-order valence-corrected chi connectivity index (χ3v) is 15.5. The van der Waals surface area contributed by atoms with Gasteiger partial charge in [0.25, 0.3) is 0 Å². The number of aromatic nitrogens is 4. The number of benzene rings is 10. The quantitative estimate of drug-likeness (QED) is 0.121. The number of allylic oxidation sites excluding steroid dienone is 5. The molecule has 0 aliphatic heterocycles. The van der Waals surface area contributed by atoms with Crippen molar-refractivity contribution in [3.8, 4) is 107 Å². The summed E-state index contributed by atoms with van der Waals surface area (Å²) in [5.41, 5.74) is 23.4. The summed E-state index contributed by atoms with van der Waals surface area (Å²) in [5.74, 6) is 8.52. The van der Waals surface area contributed by atoms with Crippen LogP contribution in [0.15, 0.2) is 273 Å². The van der Waals surface area contributed by atoms with Gasteiger partial charge in [-0.1, -0.05) is 236 Å². The predicted octanol–water partition coefficient (Wildman–Crippen LogP) is 19.0. The molecule has 0 saturated carbocycles. The zero-order valence-corrected chi connectivity index (χ0v) is 44.0. The van der Waals surface area contributed by atoms with Gasteiger partial charge in [-0.3, -0.25) is 0 Å². The van der Waals surface area contributed by atoms with Crippen molar-refractivity contribution in [3.05, 3.63) is 295 Å². The van der Waals surface area contributed by atoms with E-state index in [0.29, 0.717) is 23.9 Å². The smallest absolute Gasteiger partial charge is 0.164 e. The zero-order chi connectivity index (χ0) is 53.2. The van der Waals surface area contributed by atoms with E-state index in [2.05, 4.69) is 289 Å². The Labute approximate surface area is 467 Å². The molecule has 2 aliphatic carbocycles. The molecule has 0 fully saturated rings. The van der Waals surface area contributed by atoms with Crippen LogP contribution in [0.4, 0.5) is 0 Å². The molecule has 14 rings (SSSR count). The highest BCUT2D eigenvalue weighted by molar-refractivity contribution is 6.02. The van der Waals surface area contributed by atoms with E-state index in [1.165, 1.54) is 38.9 Å². The monoisotopic (exact) mass is 1020 g/mol. The molecule has 0 spiro atoms.